The highest BCUT2D eigenvalue weighted by Gasteiger charge is 2.25. The van der Waals surface area contributed by atoms with Gasteiger partial charge in [0.25, 0.3) is 0 Å². The van der Waals surface area contributed by atoms with Crippen LogP contribution >= 0.6 is 0 Å². The average Bonchev–Trinajstić information content (AvgIpc) is 2.25. The van der Waals surface area contributed by atoms with Crippen LogP contribution in [0.5, 0.6) is 0 Å². The van der Waals surface area contributed by atoms with Gasteiger partial charge in [0, 0.05) is 26.2 Å². The third-order valence-electron chi connectivity index (χ3n) is 2.96. The molecule has 0 amide bonds. The van der Waals surface area contributed by atoms with Crippen LogP contribution in [0.15, 0.2) is 0 Å². The van der Waals surface area contributed by atoms with Crippen molar-refractivity contribution in [1.82, 2.24) is 10.2 Å². The van der Waals surface area contributed by atoms with Crippen LogP contribution in [0, 0.1) is 0 Å². The lowest BCUT2D eigenvalue weighted by molar-refractivity contribution is -0.143. The Kier molecular flexibility index (Phi) is 5.65. The van der Waals surface area contributed by atoms with Crippen molar-refractivity contribution in [1.29, 1.82) is 0 Å². The smallest absolute Gasteiger partial charge is 0.320 e. The van der Waals surface area contributed by atoms with Crippen molar-refractivity contribution in [2.24, 2.45) is 0 Å². The number of hydrogen-bond donors (Lipinski definition) is 2. The number of hydrogen-bond acceptors (Lipinski definition) is 3. The number of carboxylic acids is 1. The molecule has 1 fully saturated rings. The first-order chi connectivity index (χ1) is 7.25. The van der Waals surface area contributed by atoms with Crippen molar-refractivity contribution < 1.29 is 9.90 Å². The zero-order valence-corrected chi connectivity index (χ0v) is 9.54. The summed E-state index contributed by atoms with van der Waals surface area (Å²) in [7, 11) is 0. The molecule has 1 rings (SSSR count). The molecule has 0 spiro atoms. The fourth-order valence-electron chi connectivity index (χ4n) is 2.04. The zero-order valence-electron chi connectivity index (χ0n) is 9.54. The summed E-state index contributed by atoms with van der Waals surface area (Å²) in [4.78, 5) is 13.2. The van der Waals surface area contributed by atoms with Gasteiger partial charge in [-0.2, -0.15) is 0 Å². The van der Waals surface area contributed by atoms with Crippen molar-refractivity contribution in [3.63, 3.8) is 0 Å². The minimum Gasteiger partial charge on any atom is -0.480 e. The number of nitrogens with zero attached hydrogens (tertiary/aromatic N) is 1. The number of aliphatic carboxylic acids is 1. The van der Waals surface area contributed by atoms with E-state index in [-0.39, 0.29) is 6.04 Å². The van der Waals surface area contributed by atoms with Gasteiger partial charge in [-0.15, -0.1) is 0 Å². The minimum atomic E-state index is -0.659. The molecule has 4 nitrogen and oxygen atoms in total. The van der Waals surface area contributed by atoms with E-state index in [4.69, 9.17) is 5.11 Å². The second-order valence-electron chi connectivity index (χ2n) is 4.14. The first-order valence-electron chi connectivity index (χ1n) is 5.93. The summed E-state index contributed by atoms with van der Waals surface area (Å²) >= 11 is 0. The Hall–Kier alpha value is -0.610. The quantitative estimate of drug-likeness (QED) is 0.646. The van der Waals surface area contributed by atoms with Gasteiger partial charge >= 0.3 is 5.97 Å². The number of nitrogens with one attached hydrogen (secondary N) is 1. The molecule has 1 aliphatic rings. The lowest BCUT2D eigenvalue weighted by Crippen LogP contribution is -2.51. The standard InChI is InChI=1S/C11H22N2O2/c1-2-3-4-5-10(11(14)15)13-8-6-12-7-9-13/h10,12H,2-9H2,1H3,(H,14,15). The van der Waals surface area contributed by atoms with Gasteiger partial charge in [-0.05, 0) is 6.42 Å². The Morgan fingerprint density at radius 2 is 2.07 bits per heavy atom. The first-order valence-corrected chi connectivity index (χ1v) is 5.93. The van der Waals surface area contributed by atoms with Gasteiger partial charge in [0.2, 0.25) is 0 Å². The van der Waals surface area contributed by atoms with Crippen LogP contribution < -0.4 is 5.32 Å². The normalized spacial score (nSPS) is 20.1. The predicted molar refractivity (Wildman–Crippen MR) is 60.0 cm³/mol. The highest BCUT2D eigenvalue weighted by Crippen LogP contribution is 2.11. The Morgan fingerprint density at radius 3 is 2.60 bits per heavy atom. The SMILES string of the molecule is CCCCCC(C(=O)O)N1CCNCC1. The summed E-state index contributed by atoms with van der Waals surface area (Å²) in [5.41, 5.74) is 0. The molecule has 2 N–H and O–H groups in total. The van der Waals surface area contributed by atoms with Gasteiger partial charge in [0.1, 0.15) is 6.04 Å². The maximum Gasteiger partial charge on any atom is 0.320 e. The maximum absolute atomic E-state index is 11.1. The van der Waals surface area contributed by atoms with Gasteiger partial charge in [-0.3, -0.25) is 9.69 Å². The molecular formula is C11H22N2O2. The lowest BCUT2D eigenvalue weighted by atomic mass is 10.1. The molecule has 1 saturated heterocycles. The van der Waals surface area contributed by atoms with Crippen LogP contribution in [0.3, 0.4) is 0 Å². The van der Waals surface area contributed by atoms with Crippen molar-refractivity contribution >= 4 is 5.97 Å². The van der Waals surface area contributed by atoms with Gasteiger partial charge in [0.15, 0.2) is 0 Å². The molecule has 0 aliphatic carbocycles. The van der Waals surface area contributed by atoms with Crippen LogP contribution in [0.25, 0.3) is 0 Å². The molecule has 0 saturated carbocycles. The number of unbranched alkanes of at least 4 members (excludes halogenated alkanes) is 2. The second kappa shape index (κ2) is 6.80. The van der Waals surface area contributed by atoms with E-state index in [0.717, 1.165) is 51.9 Å². The van der Waals surface area contributed by atoms with Gasteiger partial charge < -0.3 is 10.4 Å². The van der Waals surface area contributed by atoms with E-state index >= 15 is 0 Å². The molecule has 0 radical (unpaired) electrons. The number of carbonyl (C=O) groups is 1. The second-order valence-corrected chi connectivity index (χ2v) is 4.14. The van der Waals surface area contributed by atoms with Crippen molar-refractivity contribution in [2.45, 2.75) is 38.6 Å². The molecule has 15 heavy (non-hydrogen) atoms. The largest absolute Gasteiger partial charge is 0.480 e. The van der Waals surface area contributed by atoms with Crippen LogP contribution in [0.4, 0.5) is 0 Å². The monoisotopic (exact) mass is 214 g/mol. The molecule has 0 aromatic rings. The van der Waals surface area contributed by atoms with Gasteiger partial charge in [-0.1, -0.05) is 26.2 Å². The van der Waals surface area contributed by atoms with E-state index in [9.17, 15) is 4.79 Å². The summed E-state index contributed by atoms with van der Waals surface area (Å²) in [5, 5.41) is 12.4. The molecule has 1 aliphatic heterocycles. The molecular weight excluding hydrogens is 192 g/mol. The Balaban J connectivity index is 2.37. The van der Waals surface area contributed by atoms with Crippen LogP contribution in [0.1, 0.15) is 32.6 Å². The van der Waals surface area contributed by atoms with E-state index in [1.165, 1.54) is 0 Å². The Morgan fingerprint density at radius 1 is 1.40 bits per heavy atom. The summed E-state index contributed by atoms with van der Waals surface area (Å²) < 4.78 is 0. The van der Waals surface area contributed by atoms with Crippen LogP contribution in [-0.2, 0) is 4.79 Å². The molecule has 0 aromatic heterocycles. The molecule has 4 heteroatoms. The van der Waals surface area contributed by atoms with E-state index in [1.807, 2.05) is 0 Å². The molecule has 1 heterocycles. The van der Waals surface area contributed by atoms with E-state index < -0.39 is 5.97 Å². The summed E-state index contributed by atoms with van der Waals surface area (Å²) in [6.07, 6.45) is 4.10. The van der Waals surface area contributed by atoms with Crippen molar-refractivity contribution in [2.75, 3.05) is 26.2 Å². The first kappa shape index (κ1) is 12.5. The third-order valence-corrected chi connectivity index (χ3v) is 2.96. The summed E-state index contributed by atoms with van der Waals surface area (Å²) in [5.74, 6) is -0.659. The minimum absolute atomic E-state index is 0.265. The summed E-state index contributed by atoms with van der Waals surface area (Å²) in [6, 6.07) is -0.265. The topological polar surface area (TPSA) is 52.6 Å². The number of carboxylic acid groups (broad SMARTS) is 1. The lowest BCUT2D eigenvalue weighted by Gasteiger charge is -2.32. The molecule has 88 valence electrons. The third kappa shape index (κ3) is 4.18. The van der Waals surface area contributed by atoms with Gasteiger partial charge in [0.05, 0.1) is 0 Å². The molecule has 0 bridgehead atoms. The van der Waals surface area contributed by atoms with E-state index in [1.54, 1.807) is 0 Å². The molecule has 1 unspecified atom stereocenters. The average molecular weight is 214 g/mol. The molecule has 1 atom stereocenters. The van der Waals surface area contributed by atoms with Crippen LogP contribution in [0.2, 0.25) is 0 Å². The van der Waals surface area contributed by atoms with Crippen molar-refractivity contribution in [3.8, 4) is 0 Å². The fourth-order valence-corrected chi connectivity index (χ4v) is 2.04. The van der Waals surface area contributed by atoms with Gasteiger partial charge in [-0.25, -0.2) is 0 Å². The Labute approximate surface area is 91.6 Å². The number of rotatable bonds is 6. The van der Waals surface area contributed by atoms with E-state index in [0.29, 0.717) is 0 Å². The zero-order chi connectivity index (χ0) is 11.1. The highest BCUT2D eigenvalue weighted by atomic mass is 16.4. The highest BCUT2D eigenvalue weighted by molar-refractivity contribution is 5.73. The maximum atomic E-state index is 11.1. The predicted octanol–water partition coefficient (Wildman–Crippen LogP) is 0.925. The van der Waals surface area contributed by atoms with Crippen LogP contribution in [-0.4, -0.2) is 48.2 Å². The van der Waals surface area contributed by atoms with Crippen molar-refractivity contribution in [3.05, 3.63) is 0 Å². The summed E-state index contributed by atoms with van der Waals surface area (Å²) in [6.45, 7) is 5.70. The number of piperazine rings is 1. The Bertz CT molecular complexity index is 191. The van der Waals surface area contributed by atoms with E-state index in [2.05, 4.69) is 17.1 Å². The molecule has 0 aromatic carbocycles. The fraction of sp³-hybridized carbons (Fsp3) is 0.909.